The SMILES string of the molecule is CC(NCC1(CCO)CCC1)c1cncs1. The summed E-state index contributed by atoms with van der Waals surface area (Å²) in [4.78, 5) is 5.39. The van der Waals surface area contributed by atoms with E-state index in [2.05, 4.69) is 17.2 Å². The molecule has 1 aromatic rings. The second kappa shape index (κ2) is 5.25. The lowest BCUT2D eigenvalue weighted by atomic mass is 9.66. The van der Waals surface area contributed by atoms with E-state index in [4.69, 9.17) is 5.11 Å². The lowest BCUT2D eigenvalue weighted by molar-refractivity contribution is 0.0834. The molecule has 4 heteroatoms. The standard InChI is InChI=1S/C12H20N2OS/c1-10(11-7-13-9-16-11)14-8-12(5-6-15)3-2-4-12/h7,9-10,14-15H,2-6,8H2,1H3. The summed E-state index contributed by atoms with van der Waals surface area (Å²) in [5.74, 6) is 0. The van der Waals surface area contributed by atoms with E-state index in [1.165, 1.54) is 24.1 Å². The molecule has 1 saturated carbocycles. The van der Waals surface area contributed by atoms with Gasteiger partial charge in [0, 0.05) is 30.3 Å². The highest BCUT2D eigenvalue weighted by Gasteiger charge is 2.36. The molecule has 2 rings (SSSR count). The van der Waals surface area contributed by atoms with E-state index in [1.807, 2.05) is 11.7 Å². The maximum atomic E-state index is 9.08. The molecule has 3 nitrogen and oxygen atoms in total. The first-order valence-corrected chi connectivity index (χ1v) is 6.86. The summed E-state index contributed by atoms with van der Waals surface area (Å²) in [7, 11) is 0. The fourth-order valence-electron chi connectivity index (χ4n) is 2.34. The van der Waals surface area contributed by atoms with Crippen molar-refractivity contribution in [1.82, 2.24) is 10.3 Å². The van der Waals surface area contributed by atoms with Gasteiger partial charge >= 0.3 is 0 Å². The second-order valence-electron chi connectivity index (χ2n) is 4.83. The zero-order chi connectivity index (χ0) is 11.4. The van der Waals surface area contributed by atoms with Crippen molar-refractivity contribution in [2.24, 2.45) is 5.41 Å². The molecule has 1 fully saturated rings. The average Bonchev–Trinajstić information content (AvgIpc) is 2.74. The summed E-state index contributed by atoms with van der Waals surface area (Å²) >= 11 is 1.70. The Morgan fingerprint density at radius 1 is 1.62 bits per heavy atom. The van der Waals surface area contributed by atoms with Gasteiger partial charge in [-0.3, -0.25) is 4.98 Å². The van der Waals surface area contributed by atoms with Crippen molar-refractivity contribution in [3.8, 4) is 0 Å². The van der Waals surface area contributed by atoms with Crippen molar-refractivity contribution in [2.75, 3.05) is 13.2 Å². The summed E-state index contributed by atoms with van der Waals surface area (Å²) < 4.78 is 0. The van der Waals surface area contributed by atoms with Gasteiger partial charge in [-0.05, 0) is 31.6 Å². The third kappa shape index (κ3) is 2.62. The summed E-state index contributed by atoms with van der Waals surface area (Å²) in [6.07, 6.45) is 6.71. The van der Waals surface area contributed by atoms with E-state index in [0.29, 0.717) is 18.1 Å². The Morgan fingerprint density at radius 2 is 2.44 bits per heavy atom. The number of aliphatic hydroxyl groups is 1. The van der Waals surface area contributed by atoms with Crippen LogP contribution in [0.2, 0.25) is 0 Å². The first-order valence-electron chi connectivity index (χ1n) is 5.98. The zero-order valence-electron chi connectivity index (χ0n) is 9.78. The molecule has 0 spiro atoms. The highest BCUT2D eigenvalue weighted by atomic mass is 32.1. The molecule has 2 N–H and O–H groups in total. The molecule has 0 aromatic carbocycles. The van der Waals surface area contributed by atoms with Gasteiger partial charge in [-0.25, -0.2) is 0 Å². The molecule has 90 valence electrons. The van der Waals surface area contributed by atoms with Crippen LogP contribution < -0.4 is 5.32 Å². The van der Waals surface area contributed by atoms with Crippen molar-refractivity contribution < 1.29 is 5.11 Å². The zero-order valence-corrected chi connectivity index (χ0v) is 10.6. The highest BCUT2D eigenvalue weighted by molar-refractivity contribution is 7.09. The van der Waals surface area contributed by atoms with E-state index >= 15 is 0 Å². The molecule has 1 atom stereocenters. The Morgan fingerprint density at radius 3 is 2.94 bits per heavy atom. The molecule has 16 heavy (non-hydrogen) atoms. The maximum Gasteiger partial charge on any atom is 0.0794 e. The number of aromatic nitrogens is 1. The molecule has 0 radical (unpaired) electrons. The van der Waals surface area contributed by atoms with Crippen LogP contribution in [0.4, 0.5) is 0 Å². The van der Waals surface area contributed by atoms with Crippen LogP contribution in [0.15, 0.2) is 11.7 Å². The summed E-state index contributed by atoms with van der Waals surface area (Å²) in [5, 5.41) is 12.7. The van der Waals surface area contributed by atoms with Gasteiger partial charge in [-0.2, -0.15) is 0 Å². The van der Waals surface area contributed by atoms with E-state index in [9.17, 15) is 0 Å². The lowest BCUT2D eigenvalue weighted by Gasteiger charge is -2.42. The van der Waals surface area contributed by atoms with E-state index in [0.717, 1.165) is 13.0 Å². The van der Waals surface area contributed by atoms with E-state index in [1.54, 1.807) is 11.3 Å². The van der Waals surface area contributed by atoms with Gasteiger partial charge in [0.15, 0.2) is 0 Å². The Balaban J connectivity index is 1.82. The smallest absolute Gasteiger partial charge is 0.0794 e. The summed E-state index contributed by atoms with van der Waals surface area (Å²) in [5.41, 5.74) is 2.24. The number of nitrogens with one attached hydrogen (secondary N) is 1. The second-order valence-corrected chi connectivity index (χ2v) is 5.75. The molecule has 0 saturated heterocycles. The molecule has 0 aliphatic heterocycles. The molecule has 1 heterocycles. The van der Waals surface area contributed by atoms with E-state index in [-0.39, 0.29) is 0 Å². The Hall–Kier alpha value is -0.450. The number of hydrogen-bond acceptors (Lipinski definition) is 4. The predicted molar refractivity (Wildman–Crippen MR) is 66.5 cm³/mol. The molecule has 1 aliphatic rings. The van der Waals surface area contributed by atoms with Crippen LogP contribution >= 0.6 is 11.3 Å². The Bertz CT molecular complexity index is 309. The van der Waals surface area contributed by atoms with Gasteiger partial charge in [-0.15, -0.1) is 11.3 Å². The minimum absolute atomic E-state index is 0.316. The van der Waals surface area contributed by atoms with Crippen LogP contribution in [0.5, 0.6) is 0 Å². The fourth-order valence-corrected chi connectivity index (χ4v) is 2.99. The Labute approximate surface area is 101 Å². The number of aliphatic hydroxyl groups excluding tert-OH is 1. The predicted octanol–water partition coefficient (Wildman–Crippen LogP) is 2.35. The third-order valence-corrected chi connectivity index (χ3v) is 4.68. The minimum atomic E-state index is 0.316. The summed E-state index contributed by atoms with van der Waals surface area (Å²) in [6, 6.07) is 0.378. The number of hydrogen-bond donors (Lipinski definition) is 2. The van der Waals surface area contributed by atoms with Crippen molar-refractivity contribution in [3.63, 3.8) is 0 Å². The molecule has 1 aromatic heterocycles. The topological polar surface area (TPSA) is 45.1 Å². The molecular formula is C12H20N2OS. The van der Waals surface area contributed by atoms with Crippen molar-refractivity contribution in [1.29, 1.82) is 0 Å². The molecule has 1 unspecified atom stereocenters. The van der Waals surface area contributed by atoms with Crippen molar-refractivity contribution in [3.05, 3.63) is 16.6 Å². The molecule has 1 aliphatic carbocycles. The van der Waals surface area contributed by atoms with Crippen LogP contribution in [0.3, 0.4) is 0 Å². The summed E-state index contributed by atoms with van der Waals surface area (Å²) in [6.45, 7) is 3.52. The number of nitrogens with zero attached hydrogens (tertiary/aromatic N) is 1. The molecule has 0 bridgehead atoms. The van der Waals surface area contributed by atoms with Gasteiger partial charge in [0.2, 0.25) is 0 Å². The Kier molecular flexibility index (Phi) is 3.95. The van der Waals surface area contributed by atoms with Gasteiger partial charge in [0.05, 0.1) is 5.51 Å². The first-order chi connectivity index (χ1) is 7.76. The van der Waals surface area contributed by atoms with Crippen LogP contribution in [0.1, 0.15) is 43.5 Å². The van der Waals surface area contributed by atoms with Gasteiger partial charge in [0.1, 0.15) is 0 Å². The highest BCUT2D eigenvalue weighted by Crippen LogP contribution is 2.43. The van der Waals surface area contributed by atoms with Crippen molar-refractivity contribution >= 4 is 11.3 Å². The number of thiazole rings is 1. The van der Waals surface area contributed by atoms with Gasteiger partial charge < -0.3 is 10.4 Å². The first kappa shape index (κ1) is 12.0. The fraction of sp³-hybridized carbons (Fsp3) is 0.750. The minimum Gasteiger partial charge on any atom is -0.396 e. The van der Waals surface area contributed by atoms with Crippen molar-refractivity contribution in [2.45, 2.75) is 38.6 Å². The number of rotatable bonds is 6. The normalized spacial score (nSPS) is 20.4. The van der Waals surface area contributed by atoms with Crippen LogP contribution in [-0.2, 0) is 0 Å². The molecular weight excluding hydrogens is 220 g/mol. The third-order valence-electron chi connectivity index (χ3n) is 3.72. The largest absolute Gasteiger partial charge is 0.396 e. The average molecular weight is 240 g/mol. The van der Waals surface area contributed by atoms with Gasteiger partial charge in [0.25, 0.3) is 0 Å². The quantitative estimate of drug-likeness (QED) is 0.802. The monoisotopic (exact) mass is 240 g/mol. The van der Waals surface area contributed by atoms with Crippen LogP contribution in [0.25, 0.3) is 0 Å². The van der Waals surface area contributed by atoms with E-state index < -0.39 is 0 Å². The lowest BCUT2D eigenvalue weighted by Crippen LogP contribution is -2.41. The van der Waals surface area contributed by atoms with Crippen LogP contribution in [-0.4, -0.2) is 23.2 Å². The maximum absolute atomic E-state index is 9.08. The van der Waals surface area contributed by atoms with Gasteiger partial charge in [-0.1, -0.05) is 6.42 Å². The molecule has 0 amide bonds. The van der Waals surface area contributed by atoms with Crippen LogP contribution in [0, 0.1) is 5.41 Å².